The van der Waals surface area contributed by atoms with Gasteiger partial charge in [-0.05, 0) is 0 Å². The lowest BCUT2D eigenvalue weighted by Gasteiger charge is -2.09. The van der Waals surface area contributed by atoms with Crippen LogP contribution in [-0.2, 0) is 11.3 Å². The molecule has 1 amide bonds. The van der Waals surface area contributed by atoms with Gasteiger partial charge in [-0.1, -0.05) is 42.4 Å². The van der Waals surface area contributed by atoms with E-state index in [2.05, 4.69) is 20.4 Å². The number of nitrogens with zero attached hydrogens (tertiary/aromatic N) is 4. The molecule has 0 spiro atoms. The third-order valence-electron chi connectivity index (χ3n) is 3.66. The molecule has 0 aliphatic rings. The summed E-state index contributed by atoms with van der Waals surface area (Å²) in [7, 11) is 0. The van der Waals surface area contributed by atoms with Crippen LogP contribution >= 0.6 is 0 Å². The standard InChI is InChI=1S/C17H19N5O2/c1-13(11-19-15(23)7-9-22-10-8-18-12-22)17-20-16(21-24-17)14-5-3-2-4-6-14/h2-6,8,10,12-13H,7,9,11H2,1H3,(H,19,23)/t13-/m0/s1. The summed E-state index contributed by atoms with van der Waals surface area (Å²) in [6.07, 6.45) is 5.63. The fraction of sp³-hybridized carbons (Fsp3) is 0.294. The van der Waals surface area contributed by atoms with E-state index in [0.29, 0.717) is 31.2 Å². The third-order valence-corrected chi connectivity index (χ3v) is 3.66. The highest BCUT2D eigenvalue weighted by atomic mass is 16.5. The van der Waals surface area contributed by atoms with E-state index in [-0.39, 0.29) is 11.8 Å². The lowest BCUT2D eigenvalue weighted by molar-refractivity contribution is -0.121. The summed E-state index contributed by atoms with van der Waals surface area (Å²) in [4.78, 5) is 20.2. The van der Waals surface area contributed by atoms with Crippen molar-refractivity contribution in [3.8, 4) is 11.4 Å². The van der Waals surface area contributed by atoms with E-state index in [1.807, 2.05) is 48.0 Å². The van der Waals surface area contributed by atoms with Crippen LogP contribution in [-0.4, -0.2) is 32.1 Å². The maximum atomic E-state index is 11.9. The van der Waals surface area contributed by atoms with Crippen molar-refractivity contribution in [2.24, 2.45) is 0 Å². The monoisotopic (exact) mass is 325 g/mol. The Morgan fingerprint density at radius 2 is 2.17 bits per heavy atom. The Kier molecular flexibility index (Phi) is 5.00. The first-order valence-electron chi connectivity index (χ1n) is 7.84. The zero-order chi connectivity index (χ0) is 16.8. The number of aromatic nitrogens is 4. The minimum atomic E-state index is -0.0489. The fourth-order valence-corrected chi connectivity index (χ4v) is 2.23. The van der Waals surface area contributed by atoms with E-state index in [9.17, 15) is 4.79 Å². The van der Waals surface area contributed by atoms with Gasteiger partial charge in [-0.25, -0.2) is 4.98 Å². The fourth-order valence-electron chi connectivity index (χ4n) is 2.23. The quantitative estimate of drug-likeness (QED) is 0.720. The van der Waals surface area contributed by atoms with E-state index < -0.39 is 0 Å². The SMILES string of the molecule is C[C@@H](CNC(=O)CCn1ccnc1)c1nc(-c2ccccc2)no1. The Labute approximate surface area is 139 Å². The second-order valence-corrected chi connectivity index (χ2v) is 5.58. The lowest BCUT2D eigenvalue weighted by Crippen LogP contribution is -2.28. The Morgan fingerprint density at radius 1 is 1.33 bits per heavy atom. The van der Waals surface area contributed by atoms with Gasteiger partial charge in [0.05, 0.1) is 12.2 Å². The molecule has 0 bridgehead atoms. The number of carbonyl (C=O) groups excluding carboxylic acids is 1. The summed E-state index contributed by atoms with van der Waals surface area (Å²) in [5, 5.41) is 6.89. The molecular weight excluding hydrogens is 306 g/mol. The van der Waals surface area contributed by atoms with Crippen LogP contribution in [0.15, 0.2) is 53.6 Å². The summed E-state index contributed by atoms with van der Waals surface area (Å²) >= 11 is 0. The Bertz CT molecular complexity index is 767. The van der Waals surface area contributed by atoms with Crippen LogP contribution in [0.2, 0.25) is 0 Å². The minimum Gasteiger partial charge on any atom is -0.355 e. The molecule has 3 aromatic rings. The van der Waals surface area contributed by atoms with Gasteiger partial charge in [-0.15, -0.1) is 0 Å². The molecule has 0 radical (unpaired) electrons. The van der Waals surface area contributed by atoms with Gasteiger partial charge in [0, 0.05) is 37.5 Å². The largest absolute Gasteiger partial charge is 0.355 e. The van der Waals surface area contributed by atoms with Crippen LogP contribution in [0, 0.1) is 0 Å². The van der Waals surface area contributed by atoms with Gasteiger partial charge in [0.25, 0.3) is 0 Å². The average molecular weight is 325 g/mol. The molecule has 1 N–H and O–H groups in total. The number of imidazole rings is 1. The third kappa shape index (κ3) is 4.07. The van der Waals surface area contributed by atoms with E-state index in [4.69, 9.17) is 4.52 Å². The number of amides is 1. The van der Waals surface area contributed by atoms with Crippen molar-refractivity contribution in [1.82, 2.24) is 25.0 Å². The van der Waals surface area contributed by atoms with Crippen molar-refractivity contribution in [3.63, 3.8) is 0 Å². The summed E-state index contributed by atoms with van der Waals surface area (Å²) in [5.41, 5.74) is 0.907. The van der Waals surface area contributed by atoms with Crippen molar-refractivity contribution < 1.29 is 9.32 Å². The molecule has 124 valence electrons. The summed E-state index contributed by atoms with van der Waals surface area (Å²) in [5.74, 6) is 1.01. The molecule has 2 heterocycles. The molecule has 0 aliphatic carbocycles. The summed E-state index contributed by atoms with van der Waals surface area (Å²) < 4.78 is 7.18. The molecule has 0 aliphatic heterocycles. The number of carbonyl (C=O) groups is 1. The molecule has 7 nitrogen and oxygen atoms in total. The minimum absolute atomic E-state index is 0.0154. The first-order valence-corrected chi connectivity index (χ1v) is 7.84. The Hall–Kier alpha value is -2.96. The van der Waals surface area contributed by atoms with E-state index in [1.165, 1.54) is 0 Å². The molecule has 0 saturated carbocycles. The van der Waals surface area contributed by atoms with Crippen molar-refractivity contribution in [2.75, 3.05) is 6.54 Å². The van der Waals surface area contributed by atoms with E-state index in [1.54, 1.807) is 12.5 Å². The zero-order valence-corrected chi connectivity index (χ0v) is 13.4. The van der Waals surface area contributed by atoms with Gasteiger partial charge in [-0.2, -0.15) is 4.98 Å². The van der Waals surface area contributed by atoms with Crippen molar-refractivity contribution in [3.05, 3.63) is 54.9 Å². The molecule has 24 heavy (non-hydrogen) atoms. The lowest BCUT2D eigenvalue weighted by atomic mass is 10.1. The smallest absolute Gasteiger partial charge is 0.231 e. The maximum Gasteiger partial charge on any atom is 0.231 e. The van der Waals surface area contributed by atoms with Gasteiger partial charge in [-0.3, -0.25) is 4.79 Å². The highest BCUT2D eigenvalue weighted by Crippen LogP contribution is 2.18. The van der Waals surface area contributed by atoms with Crippen LogP contribution in [0.1, 0.15) is 25.2 Å². The number of aryl methyl sites for hydroxylation is 1. The molecule has 0 fully saturated rings. The van der Waals surface area contributed by atoms with Crippen LogP contribution in [0.4, 0.5) is 0 Å². The van der Waals surface area contributed by atoms with Crippen molar-refractivity contribution in [1.29, 1.82) is 0 Å². The topological polar surface area (TPSA) is 85.8 Å². The zero-order valence-electron chi connectivity index (χ0n) is 13.4. The van der Waals surface area contributed by atoms with Crippen molar-refractivity contribution in [2.45, 2.75) is 25.8 Å². The van der Waals surface area contributed by atoms with Crippen molar-refractivity contribution >= 4 is 5.91 Å². The van der Waals surface area contributed by atoms with Crippen LogP contribution in [0.5, 0.6) is 0 Å². The summed E-state index contributed by atoms with van der Waals surface area (Å²) in [6.45, 7) is 3.01. The Balaban J connectivity index is 1.49. The number of nitrogens with one attached hydrogen (secondary N) is 1. The first-order chi connectivity index (χ1) is 11.7. The summed E-state index contributed by atoms with van der Waals surface area (Å²) in [6, 6.07) is 9.64. The predicted molar refractivity (Wildman–Crippen MR) is 88.0 cm³/mol. The Morgan fingerprint density at radius 3 is 2.92 bits per heavy atom. The highest BCUT2D eigenvalue weighted by Gasteiger charge is 2.16. The molecule has 0 saturated heterocycles. The van der Waals surface area contributed by atoms with Gasteiger partial charge in [0.1, 0.15) is 0 Å². The highest BCUT2D eigenvalue weighted by molar-refractivity contribution is 5.75. The second-order valence-electron chi connectivity index (χ2n) is 5.58. The van der Waals surface area contributed by atoms with Gasteiger partial charge in [0.15, 0.2) is 0 Å². The first kappa shape index (κ1) is 15.9. The molecule has 2 aromatic heterocycles. The molecule has 0 unspecified atom stereocenters. The molecule has 1 aromatic carbocycles. The van der Waals surface area contributed by atoms with Crippen LogP contribution in [0.3, 0.4) is 0 Å². The maximum absolute atomic E-state index is 11.9. The number of hydrogen-bond acceptors (Lipinski definition) is 5. The van der Waals surface area contributed by atoms with E-state index in [0.717, 1.165) is 5.56 Å². The van der Waals surface area contributed by atoms with Crippen LogP contribution in [0.25, 0.3) is 11.4 Å². The molecule has 1 atom stereocenters. The average Bonchev–Trinajstić information content (AvgIpc) is 3.30. The number of benzene rings is 1. The number of rotatable bonds is 7. The molecular formula is C17H19N5O2. The van der Waals surface area contributed by atoms with Gasteiger partial charge < -0.3 is 14.4 Å². The second kappa shape index (κ2) is 7.54. The van der Waals surface area contributed by atoms with Gasteiger partial charge in [0.2, 0.25) is 17.6 Å². The normalized spacial score (nSPS) is 12.0. The molecule has 3 rings (SSSR count). The van der Waals surface area contributed by atoms with Gasteiger partial charge >= 0.3 is 0 Å². The van der Waals surface area contributed by atoms with Crippen LogP contribution < -0.4 is 5.32 Å². The molecule has 7 heteroatoms. The van der Waals surface area contributed by atoms with E-state index >= 15 is 0 Å². The number of hydrogen-bond donors (Lipinski definition) is 1. The predicted octanol–water partition coefficient (Wildman–Crippen LogP) is 2.24.